The summed E-state index contributed by atoms with van der Waals surface area (Å²) in [6, 6.07) is 11.6. The molecular formula is C16H17BrFN. The molecule has 0 aromatic heterocycles. The van der Waals surface area contributed by atoms with Crippen LogP contribution in [-0.2, 0) is 0 Å². The molecule has 1 atom stereocenters. The zero-order chi connectivity index (χ0) is 14.0. The van der Waals surface area contributed by atoms with Crippen LogP contribution in [0, 0.1) is 19.7 Å². The van der Waals surface area contributed by atoms with Gasteiger partial charge in [-0.2, -0.15) is 0 Å². The molecule has 1 N–H and O–H groups in total. The highest BCUT2D eigenvalue weighted by Gasteiger charge is 2.15. The Balaban J connectivity index is 2.49. The van der Waals surface area contributed by atoms with Crippen molar-refractivity contribution in [2.75, 3.05) is 7.05 Å². The summed E-state index contributed by atoms with van der Waals surface area (Å²) in [6.45, 7) is 3.88. The summed E-state index contributed by atoms with van der Waals surface area (Å²) in [5.41, 5.74) is 4.15. The van der Waals surface area contributed by atoms with Gasteiger partial charge in [-0.1, -0.05) is 34.1 Å². The summed E-state index contributed by atoms with van der Waals surface area (Å²) < 4.78 is 14.4. The highest BCUT2D eigenvalue weighted by molar-refractivity contribution is 9.10. The van der Waals surface area contributed by atoms with Gasteiger partial charge >= 0.3 is 0 Å². The van der Waals surface area contributed by atoms with Gasteiger partial charge in [0, 0.05) is 4.47 Å². The van der Waals surface area contributed by atoms with Crippen molar-refractivity contribution in [2.45, 2.75) is 19.9 Å². The monoisotopic (exact) mass is 321 g/mol. The molecule has 19 heavy (non-hydrogen) atoms. The van der Waals surface area contributed by atoms with Crippen LogP contribution < -0.4 is 5.32 Å². The Kier molecular flexibility index (Phi) is 4.38. The second-order valence-corrected chi connectivity index (χ2v) is 5.65. The van der Waals surface area contributed by atoms with E-state index in [1.165, 1.54) is 17.2 Å². The smallest absolute Gasteiger partial charge is 0.126 e. The lowest BCUT2D eigenvalue weighted by Gasteiger charge is -2.20. The van der Waals surface area contributed by atoms with E-state index in [2.05, 4.69) is 40.3 Å². The minimum absolute atomic E-state index is 0.0665. The molecule has 0 aliphatic carbocycles. The summed E-state index contributed by atoms with van der Waals surface area (Å²) in [5.74, 6) is -0.162. The Morgan fingerprint density at radius 3 is 2.42 bits per heavy atom. The predicted octanol–water partition coefficient (Wildman–Crippen LogP) is 4.51. The number of rotatable bonds is 3. The van der Waals surface area contributed by atoms with Gasteiger partial charge in [0.05, 0.1) is 6.04 Å². The van der Waals surface area contributed by atoms with Crippen molar-refractivity contribution in [3.63, 3.8) is 0 Å². The van der Waals surface area contributed by atoms with Gasteiger partial charge in [-0.05, 0) is 61.3 Å². The molecule has 2 aromatic rings. The average Bonchev–Trinajstić information content (AvgIpc) is 2.38. The SMILES string of the molecule is CNC(c1ccc(F)c(C)c1)c1cc(Br)ccc1C. The van der Waals surface area contributed by atoms with Crippen molar-refractivity contribution in [2.24, 2.45) is 0 Å². The van der Waals surface area contributed by atoms with Gasteiger partial charge in [0.2, 0.25) is 0 Å². The quantitative estimate of drug-likeness (QED) is 0.876. The standard InChI is InChI=1S/C16H17BrFN/c1-10-4-6-13(17)9-14(10)16(19-3)12-5-7-15(18)11(2)8-12/h4-9,16,19H,1-3H3. The first-order valence-corrected chi connectivity index (χ1v) is 7.01. The fraction of sp³-hybridized carbons (Fsp3) is 0.250. The summed E-state index contributed by atoms with van der Waals surface area (Å²) >= 11 is 3.50. The van der Waals surface area contributed by atoms with E-state index < -0.39 is 0 Å². The molecule has 0 aliphatic heterocycles. The van der Waals surface area contributed by atoms with Gasteiger partial charge in [-0.3, -0.25) is 0 Å². The maximum absolute atomic E-state index is 13.4. The van der Waals surface area contributed by atoms with Crippen molar-refractivity contribution in [3.05, 3.63) is 68.9 Å². The Morgan fingerprint density at radius 1 is 1.05 bits per heavy atom. The third kappa shape index (κ3) is 3.04. The Morgan fingerprint density at radius 2 is 1.79 bits per heavy atom. The molecule has 1 nitrogen and oxygen atoms in total. The van der Waals surface area contributed by atoms with Gasteiger partial charge in [-0.25, -0.2) is 4.39 Å². The summed E-state index contributed by atoms with van der Waals surface area (Å²) in [4.78, 5) is 0. The molecular weight excluding hydrogens is 305 g/mol. The Hall–Kier alpha value is -1.19. The second-order valence-electron chi connectivity index (χ2n) is 4.73. The molecule has 0 spiro atoms. The number of halogens is 2. The van der Waals surface area contributed by atoms with Crippen LogP contribution in [0.4, 0.5) is 4.39 Å². The van der Waals surface area contributed by atoms with E-state index in [0.29, 0.717) is 5.56 Å². The minimum atomic E-state index is -0.162. The first kappa shape index (κ1) is 14.2. The van der Waals surface area contributed by atoms with Gasteiger partial charge in [0.1, 0.15) is 5.82 Å². The van der Waals surface area contributed by atoms with E-state index in [1.807, 2.05) is 25.2 Å². The Bertz CT molecular complexity index is 595. The highest BCUT2D eigenvalue weighted by atomic mass is 79.9. The first-order chi connectivity index (χ1) is 9.02. The zero-order valence-corrected chi connectivity index (χ0v) is 12.9. The van der Waals surface area contributed by atoms with Gasteiger partial charge in [0.15, 0.2) is 0 Å². The van der Waals surface area contributed by atoms with Crippen LogP contribution >= 0.6 is 15.9 Å². The van der Waals surface area contributed by atoms with Gasteiger partial charge in [0.25, 0.3) is 0 Å². The summed E-state index contributed by atoms with van der Waals surface area (Å²) in [5, 5.41) is 3.31. The molecule has 100 valence electrons. The van der Waals surface area contributed by atoms with Crippen LogP contribution in [-0.4, -0.2) is 7.05 Å². The lowest BCUT2D eigenvalue weighted by Crippen LogP contribution is -2.19. The number of benzene rings is 2. The molecule has 0 amide bonds. The predicted molar refractivity (Wildman–Crippen MR) is 80.9 cm³/mol. The molecule has 1 unspecified atom stereocenters. The number of hydrogen-bond donors (Lipinski definition) is 1. The molecule has 0 heterocycles. The van der Waals surface area contributed by atoms with Gasteiger partial charge in [-0.15, -0.1) is 0 Å². The van der Waals surface area contributed by atoms with Crippen molar-refractivity contribution in [1.29, 1.82) is 0 Å². The summed E-state index contributed by atoms with van der Waals surface area (Å²) in [6.07, 6.45) is 0. The first-order valence-electron chi connectivity index (χ1n) is 6.22. The largest absolute Gasteiger partial charge is 0.309 e. The van der Waals surface area contributed by atoms with Crippen molar-refractivity contribution in [3.8, 4) is 0 Å². The number of aryl methyl sites for hydroxylation is 2. The highest BCUT2D eigenvalue weighted by Crippen LogP contribution is 2.28. The Labute approximate surface area is 122 Å². The van der Waals surface area contributed by atoms with Crippen LogP contribution in [0.3, 0.4) is 0 Å². The third-order valence-corrected chi connectivity index (χ3v) is 3.85. The lowest BCUT2D eigenvalue weighted by atomic mass is 9.94. The molecule has 0 saturated heterocycles. The molecule has 2 rings (SSSR count). The van der Waals surface area contributed by atoms with E-state index in [0.717, 1.165) is 10.0 Å². The van der Waals surface area contributed by atoms with Crippen LogP contribution in [0.25, 0.3) is 0 Å². The summed E-state index contributed by atoms with van der Waals surface area (Å²) in [7, 11) is 1.92. The van der Waals surface area contributed by atoms with E-state index in [1.54, 1.807) is 6.92 Å². The van der Waals surface area contributed by atoms with Crippen LogP contribution in [0.1, 0.15) is 28.3 Å². The minimum Gasteiger partial charge on any atom is -0.309 e. The molecule has 0 aliphatic rings. The normalized spacial score (nSPS) is 12.5. The fourth-order valence-electron chi connectivity index (χ4n) is 2.27. The lowest BCUT2D eigenvalue weighted by molar-refractivity contribution is 0.613. The molecule has 0 saturated carbocycles. The molecule has 3 heteroatoms. The van der Waals surface area contributed by atoms with Crippen LogP contribution in [0.15, 0.2) is 40.9 Å². The number of hydrogen-bond acceptors (Lipinski definition) is 1. The van der Waals surface area contributed by atoms with E-state index in [9.17, 15) is 4.39 Å². The second kappa shape index (κ2) is 5.85. The maximum Gasteiger partial charge on any atom is 0.126 e. The van der Waals surface area contributed by atoms with Crippen LogP contribution in [0.2, 0.25) is 0 Å². The van der Waals surface area contributed by atoms with E-state index >= 15 is 0 Å². The molecule has 2 aromatic carbocycles. The average molecular weight is 322 g/mol. The van der Waals surface area contributed by atoms with Gasteiger partial charge < -0.3 is 5.32 Å². The van der Waals surface area contributed by atoms with Crippen molar-refractivity contribution < 1.29 is 4.39 Å². The topological polar surface area (TPSA) is 12.0 Å². The zero-order valence-electron chi connectivity index (χ0n) is 11.3. The fourth-order valence-corrected chi connectivity index (χ4v) is 2.65. The third-order valence-electron chi connectivity index (χ3n) is 3.36. The van der Waals surface area contributed by atoms with Crippen molar-refractivity contribution in [1.82, 2.24) is 5.32 Å². The maximum atomic E-state index is 13.4. The molecule has 0 bridgehead atoms. The van der Waals surface area contributed by atoms with E-state index in [-0.39, 0.29) is 11.9 Å². The molecule has 0 fully saturated rings. The van der Waals surface area contributed by atoms with Crippen LogP contribution in [0.5, 0.6) is 0 Å². The molecule has 0 radical (unpaired) electrons. The van der Waals surface area contributed by atoms with Crippen molar-refractivity contribution >= 4 is 15.9 Å². The number of nitrogens with one attached hydrogen (secondary N) is 1. The van der Waals surface area contributed by atoms with E-state index in [4.69, 9.17) is 0 Å².